The Kier molecular flexibility index (Phi) is 6.28. The molecular weight excluding hydrogens is 492 g/mol. The summed E-state index contributed by atoms with van der Waals surface area (Å²) < 4.78 is 12.9. The lowest BCUT2D eigenvalue weighted by Crippen LogP contribution is -2.23. The molecule has 1 atom stereocenters. The molecule has 6 rings (SSSR count). The molecule has 1 N–H and O–H groups in total. The van der Waals surface area contributed by atoms with Crippen molar-refractivity contribution in [2.45, 2.75) is 12.8 Å². The number of methoxy groups -OCH3 is 2. The van der Waals surface area contributed by atoms with Crippen molar-refractivity contribution in [2.24, 2.45) is 7.05 Å². The van der Waals surface area contributed by atoms with Crippen molar-refractivity contribution in [3.05, 3.63) is 79.1 Å². The van der Waals surface area contributed by atoms with Gasteiger partial charge in [-0.25, -0.2) is 15.0 Å². The molecule has 0 bridgehead atoms. The Morgan fingerprint density at radius 1 is 0.872 bits per heavy atom. The number of aromatic amines is 1. The summed E-state index contributed by atoms with van der Waals surface area (Å²) in [5, 5.41) is 4.27. The van der Waals surface area contributed by atoms with E-state index in [-0.39, 0.29) is 5.92 Å². The van der Waals surface area contributed by atoms with E-state index in [0.29, 0.717) is 18.0 Å². The van der Waals surface area contributed by atoms with E-state index in [4.69, 9.17) is 19.4 Å². The lowest BCUT2D eigenvalue weighted by Gasteiger charge is -2.29. The van der Waals surface area contributed by atoms with Gasteiger partial charge in [-0.3, -0.25) is 9.67 Å². The number of aromatic nitrogens is 7. The van der Waals surface area contributed by atoms with E-state index in [9.17, 15) is 0 Å². The second-order valence-corrected chi connectivity index (χ2v) is 9.42. The Labute approximate surface area is 225 Å². The van der Waals surface area contributed by atoms with Gasteiger partial charge in [-0.1, -0.05) is 6.92 Å². The van der Waals surface area contributed by atoms with Gasteiger partial charge in [-0.2, -0.15) is 5.10 Å². The van der Waals surface area contributed by atoms with E-state index in [1.165, 1.54) is 0 Å². The number of benzene rings is 2. The van der Waals surface area contributed by atoms with Crippen LogP contribution in [0.2, 0.25) is 0 Å². The summed E-state index contributed by atoms with van der Waals surface area (Å²) in [6, 6.07) is 13.9. The zero-order chi connectivity index (χ0) is 26.9. The number of hydrogen-bond acceptors (Lipinski definition) is 8. The number of ether oxygens (including phenoxy) is 2. The third-order valence-corrected chi connectivity index (χ3v) is 6.73. The fraction of sp³-hybridized carbons (Fsp3) is 0.207. The number of H-pyrrole nitrogens is 1. The maximum Gasteiger partial charge on any atom is 0.156 e. The lowest BCUT2D eigenvalue weighted by atomic mass is 10.1. The van der Waals surface area contributed by atoms with Crippen LogP contribution < -0.4 is 14.4 Å². The average molecular weight is 521 g/mol. The first-order valence-electron chi connectivity index (χ1n) is 12.6. The zero-order valence-corrected chi connectivity index (χ0v) is 22.2. The predicted molar refractivity (Wildman–Crippen MR) is 151 cm³/mol. The van der Waals surface area contributed by atoms with Crippen LogP contribution >= 0.6 is 0 Å². The van der Waals surface area contributed by atoms with Crippen LogP contribution in [0, 0.1) is 0 Å². The predicted octanol–water partition coefficient (Wildman–Crippen LogP) is 5.26. The number of nitrogens with one attached hydrogen (secondary N) is 1. The Bertz CT molecular complexity index is 1750. The molecule has 0 saturated heterocycles. The van der Waals surface area contributed by atoms with Gasteiger partial charge in [0.2, 0.25) is 0 Å². The van der Waals surface area contributed by atoms with E-state index in [0.717, 1.165) is 50.5 Å². The van der Waals surface area contributed by atoms with Gasteiger partial charge >= 0.3 is 0 Å². The van der Waals surface area contributed by atoms with Gasteiger partial charge in [0.25, 0.3) is 0 Å². The van der Waals surface area contributed by atoms with Gasteiger partial charge in [0.05, 0.1) is 55.2 Å². The Morgan fingerprint density at radius 3 is 2.44 bits per heavy atom. The van der Waals surface area contributed by atoms with Gasteiger partial charge in [-0.15, -0.1) is 0 Å². The molecule has 0 amide bonds. The first kappa shape index (κ1) is 24.4. The van der Waals surface area contributed by atoms with Crippen molar-refractivity contribution in [1.29, 1.82) is 0 Å². The minimum absolute atomic E-state index is 0.0532. The van der Waals surface area contributed by atoms with Gasteiger partial charge in [0, 0.05) is 67.0 Å². The molecule has 0 saturated carbocycles. The van der Waals surface area contributed by atoms with E-state index < -0.39 is 0 Å². The molecule has 0 aliphatic rings. The van der Waals surface area contributed by atoms with Crippen molar-refractivity contribution >= 4 is 33.6 Å². The highest BCUT2D eigenvalue weighted by atomic mass is 16.5. The molecule has 10 nitrogen and oxygen atoms in total. The van der Waals surface area contributed by atoms with E-state index in [1.807, 2.05) is 56.0 Å². The third kappa shape index (κ3) is 4.84. The van der Waals surface area contributed by atoms with Gasteiger partial charge in [-0.05, 0) is 24.3 Å². The number of anilines is 2. The second kappa shape index (κ2) is 10.1. The summed E-state index contributed by atoms with van der Waals surface area (Å²) in [5.41, 5.74) is 7.69. The van der Waals surface area contributed by atoms with E-state index in [1.54, 1.807) is 31.3 Å². The summed E-state index contributed by atoms with van der Waals surface area (Å²) >= 11 is 0. The quantitative estimate of drug-likeness (QED) is 0.290. The van der Waals surface area contributed by atoms with Crippen molar-refractivity contribution < 1.29 is 9.47 Å². The van der Waals surface area contributed by atoms with Crippen LogP contribution in [0.4, 0.5) is 11.4 Å². The molecule has 0 aliphatic carbocycles. The minimum Gasteiger partial charge on any atom is -0.497 e. The zero-order valence-electron chi connectivity index (χ0n) is 22.2. The molecule has 1 unspecified atom stereocenters. The fourth-order valence-corrected chi connectivity index (χ4v) is 4.62. The Balaban J connectivity index is 1.43. The van der Waals surface area contributed by atoms with E-state index in [2.05, 4.69) is 44.0 Å². The first-order valence-corrected chi connectivity index (χ1v) is 12.6. The molecule has 0 spiro atoms. The van der Waals surface area contributed by atoms with Crippen molar-refractivity contribution in [1.82, 2.24) is 34.7 Å². The molecular formula is C29H28N8O2. The molecule has 0 fully saturated rings. The molecule has 10 heteroatoms. The summed E-state index contributed by atoms with van der Waals surface area (Å²) in [5.74, 6) is 1.46. The fourth-order valence-electron chi connectivity index (χ4n) is 4.62. The smallest absolute Gasteiger partial charge is 0.156 e. The first-order chi connectivity index (χ1) is 19.0. The van der Waals surface area contributed by atoms with Crippen LogP contribution in [0.25, 0.3) is 33.5 Å². The van der Waals surface area contributed by atoms with Gasteiger partial charge < -0.3 is 19.4 Å². The van der Waals surface area contributed by atoms with Crippen LogP contribution in [0.15, 0.2) is 73.4 Å². The molecule has 39 heavy (non-hydrogen) atoms. The Hall–Kier alpha value is -4.99. The van der Waals surface area contributed by atoms with Crippen molar-refractivity contribution in [3.8, 4) is 22.8 Å². The van der Waals surface area contributed by atoms with E-state index >= 15 is 0 Å². The molecule has 6 aromatic rings. The number of hydrogen-bond donors (Lipinski definition) is 1. The maximum atomic E-state index is 5.59. The molecule has 4 heterocycles. The van der Waals surface area contributed by atoms with Crippen LogP contribution in [-0.2, 0) is 7.05 Å². The van der Waals surface area contributed by atoms with Gasteiger partial charge in [0.15, 0.2) is 5.65 Å². The number of fused-ring (bicyclic) bond motifs is 2. The van der Waals surface area contributed by atoms with Gasteiger partial charge in [0.1, 0.15) is 17.0 Å². The van der Waals surface area contributed by atoms with Crippen LogP contribution in [0.5, 0.6) is 11.5 Å². The summed E-state index contributed by atoms with van der Waals surface area (Å²) in [6.07, 6.45) is 9.18. The standard InChI is InChI=1S/C29H28N8O2/c1-18(27-14-32-29-25(34-27)7-8-30-29)16-37(21-9-22(38-3)12-23(10-21)39-4)20-5-6-24-26(11-20)35-28(15-31-24)19-13-33-36(2)17-19/h5-15,17-18H,16H2,1-4H3,(H,30,32). The summed E-state index contributed by atoms with van der Waals surface area (Å²) in [4.78, 5) is 24.3. The number of rotatable bonds is 8. The minimum atomic E-state index is 0.0532. The largest absolute Gasteiger partial charge is 0.497 e. The van der Waals surface area contributed by atoms with Crippen LogP contribution in [-0.4, -0.2) is 55.5 Å². The Morgan fingerprint density at radius 2 is 1.69 bits per heavy atom. The molecule has 196 valence electrons. The number of nitrogens with zero attached hydrogens (tertiary/aromatic N) is 7. The molecule has 0 radical (unpaired) electrons. The highest BCUT2D eigenvalue weighted by Crippen LogP contribution is 2.35. The SMILES string of the molecule is COc1cc(OC)cc(N(CC(C)c2cnc3[nH]ccc3n2)c2ccc3ncc(-c4cnn(C)c4)nc3c2)c1. The topological polar surface area (TPSA) is 107 Å². The maximum absolute atomic E-state index is 5.59. The van der Waals surface area contributed by atoms with Crippen molar-refractivity contribution in [2.75, 3.05) is 25.7 Å². The normalized spacial score (nSPS) is 12.1. The van der Waals surface area contributed by atoms with Crippen molar-refractivity contribution in [3.63, 3.8) is 0 Å². The van der Waals surface area contributed by atoms with Crippen LogP contribution in [0.3, 0.4) is 0 Å². The van der Waals surface area contributed by atoms with Crippen LogP contribution in [0.1, 0.15) is 18.5 Å². The summed E-state index contributed by atoms with van der Waals surface area (Å²) in [7, 11) is 5.19. The highest BCUT2D eigenvalue weighted by molar-refractivity contribution is 5.83. The molecule has 2 aromatic carbocycles. The lowest BCUT2D eigenvalue weighted by molar-refractivity contribution is 0.394. The monoisotopic (exact) mass is 520 g/mol. The second-order valence-electron chi connectivity index (χ2n) is 9.42. The highest BCUT2D eigenvalue weighted by Gasteiger charge is 2.19. The number of aryl methyl sites for hydroxylation is 1. The average Bonchev–Trinajstić information content (AvgIpc) is 3.63. The summed E-state index contributed by atoms with van der Waals surface area (Å²) in [6.45, 7) is 2.77. The third-order valence-electron chi connectivity index (χ3n) is 6.73. The molecule has 4 aromatic heterocycles. The molecule has 0 aliphatic heterocycles.